The number of hydrogen-bond acceptors (Lipinski definition) is 3. The monoisotopic (exact) mass is 343 g/mol. The summed E-state index contributed by atoms with van der Waals surface area (Å²) < 4.78 is 37.9. The van der Waals surface area contributed by atoms with Crippen molar-refractivity contribution in [2.24, 2.45) is 5.10 Å². The minimum atomic E-state index is -4.38. The van der Waals surface area contributed by atoms with Crippen LogP contribution in [-0.4, -0.2) is 11.2 Å². The van der Waals surface area contributed by atoms with E-state index in [1.165, 1.54) is 6.07 Å². The van der Waals surface area contributed by atoms with Gasteiger partial charge in [-0.05, 0) is 29.8 Å². The quantitative estimate of drug-likeness (QED) is 0.666. The number of hydrogen-bond donors (Lipinski definition) is 1. The molecule has 0 fully saturated rings. The van der Waals surface area contributed by atoms with Gasteiger partial charge in [0.2, 0.25) is 0 Å². The average Bonchev–Trinajstić information content (AvgIpc) is 2.41. The zero-order valence-corrected chi connectivity index (χ0v) is 11.6. The molecule has 2 rings (SSSR count). The second-order valence-corrected chi connectivity index (χ2v) is 4.77. The third-order valence-electron chi connectivity index (χ3n) is 2.35. The minimum absolute atomic E-state index is 0.242. The van der Waals surface area contributed by atoms with Crippen LogP contribution in [0, 0.1) is 0 Å². The second kappa shape index (κ2) is 6.04. The molecule has 1 heterocycles. The fraction of sp³-hybridized carbons (Fsp3) is 0.0769. The third-order valence-corrected chi connectivity index (χ3v) is 2.88. The number of rotatable bonds is 3. The molecule has 104 valence electrons. The number of nitrogens with zero attached hydrogens (tertiary/aromatic N) is 2. The maximum atomic E-state index is 12.3. The van der Waals surface area contributed by atoms with Gasteiger partial charge in [-0.25, -0.2) is 4.98 Å². The first kappa shape index (κ1) is 14.5. The lowest BCUT2D eigenvalue weighted by Crippen LogP contribution is -2.05. The van der Waals surface area contributed by atoms with E-state index in [1.54, 1.807) is 6.21 Å². The summed E-state index contributed by atoms with van der Waals surface area (Å²) in [6.45, 7) is 0. The fourth-order valence-corrected chi connectivity index (χ4v) is 1.61. The van der Waals surface area contributed by atoms with Gasteiger partial charge in [-0.1, -0.05) is 28.1 Å². The first-order valence-corrected chi connectivity index (χ1v) is 6.32. The number of alkyl halides is 3. The van der Waals surface area contributed by atoms with Crippen LogP contribution in [0.5, 0.6) is 0 Å². The Kier molecular flexibility index (Phi) is 4.39. The summed E-state index contributed by atoms with van der Waals surface area (Å²) in [4.78, 5) is 3.64. The van der Waals surface area contributed by atoms with E-state index >= 15 is 0 Å². The maximum Gasteiger partial charge on any atom is 0.417 e. The van der Waals surface area contributed by atoms with Crippen LogP contribution in [-0.2, 0) is 6.18 Å². The summed E-state index contributed by atoms with van der Waals surface area (Å²) in [5.74, 6) is 0.242. The van der Waals surface area contributed by atoms with Gasteiger partial charge in [0, 0.05) is 10.7 Å². The molecule has 1 aromatic heterocycles. The van der Waals surface area contributed by atoms with Gasteiger partial charge in [0.1, 0.15) is 5.82 Å². The standard InChI is InChI=1S/C13H9BrF3N3/c14-11-4-1-9(2-5-11)7-19-20-12-6-3-10(8-18-12)13(15,16)17/h1-8H,(H,18,20)/b19-7+. The highest BCUT2D eigenvalue weighted by Crippen LogP contribution is 2.28. The van der Waals surface area contributed by atoms with Gasteiger partial charge in [-0.3, -0.25) is 5.43 Å². The Hall–Kier alpha value is -1.89. The molecule has 0 saturated heterocycles. The Balaban J connectivity index is 1.99. The zero-order valence-electron chi connectivity index (χ0n) is 10.0. The van der Waals surface area contributed by atoms with Crippen LogP contribution in [0.1, 0.15) is 11.1 Å². The molecule has 7 heteroatoms. The largest absolute Gasteiger partial charge is 0.417 e. The van der Waals surface area contributed by atoms with Crippen molar-refractivity contribution in [1.82, 2.24) is 4.98 Å². The molecule has 0 atom stereocenters. The zero-order chi connectivity index (χ0) is 14.6. The number of hydrazone groups is 1. The number of benzene rings is 1. The average molecular weight is 344 g/mol. The van der Waals surface area contributed by atoms with Gasteiger partial charge in [0.15, 0.2) is 0 Å². The van der Waals surface area contributed by atoms with E-state index in [2.05, 4.69) is 31.4 Å². The summed E-state index contributed by atoms with van der Waals surface area (Å²) >= 11 is 3.31. The van der Waals surface area contributed by atoms with Crippen LogP contribution in [0.15, 0.2) is 52.2 Å². The second-order valence-electron chi connectivity index (χ2n) is 3.85. The number of halogens is 4. The third kappa shape index (κ3) is 4.06. The maximum absolute atomic E-state index is 12.3. The number of aromatic nitrogens is 1. The van der Waals surface area contributed by atoms with Crippen molar-refractivity contribution < 1.29 is 13.2 Å². The van der Waals surface area contributed by atoms with Gasteiger partial charge in [0.05, 0.1) is 11.8 Å². The Bertz CT molecular complexity index is 592. The number of pyridine rings is 1. The fourth-order valence-electron chi connectivity index (χ4n) is 1.35. The van der Waals surface area contributed by atoms with Gasteiger partial charge in [0.25, 0.3) is 0 Å². The van der Waals surface area contributed by atoms with Crippen LogP contribution in [0.3, 0.4) is 0 Å². The Morgan fingerprint density at radius 3 is 2.35 bits per heavy atom. The molecule has 0 unspecified atom stereocenters. The van der Waals surface area contributed by atoms with Crippen molar-refractivity contribution in [3.63, 3.8) is 0 Å². The molecule has 0 spiro atoms. The topological polar surface area (TPSA) is 37.3 Å². The van der Waals surface area contributed by atoms with Crippen molar-refractivity contribution >= 4 is 28.0 Å². The lowest BCUT2D eigenvalue weighted by Gasteiger charge is -2.06. The number of nitrogens with one attached hydrogen (secondary N) is 1. The van der Waals surface area contributed by atoms with Crippen LogP contribution in [0.2, 0.25) is 0 Å². The molecule has 0 aliphatic heterocycles. The summed E-state index contributed by atoms with van der Waals surface area (Å²) in [5.41, 5.74) is 2.63. The van der Waals surface area contributed by atoms with Gasteiger partial charge < -0.3 is 0 Å². The summed E-state index contributed by atoms with van der Waals surface area (Å²) in [5, 5.41) is 3.90. The molecule has 0 radical (unpaired) electrons. The Morgan fingerprint density at radius 2 is 1.80 bits per heavy atom. The van der Waals surface area contributed by atoms with Crippen molar-refractivity contribution in [3.8, 4) is 0 Å². The molecule has 1 aromatic carbocycles. The SMILES string of the molecule is FC(F)(F)c1ccc(N/N=C/c2ccc(Br)cc2)nc1. The van der Waals surface area contributed by atoms with E-state index in [1.807, 2.05) is 24.3 Å². The molecule has 2 aromatic rings. The molecule has 0 amide bonds. The molecule has 0 aliphatic rings. The van der Waals surface area contributed by atoms with E-state index in [9.17, 15) is 13.2 Å². The first-order chi connectivity index (χ1) is 9.45. The van der Waals surface area contributed by atoms with Gasteiger partial charge in [-0.15, -0.1) is 0 Å². The highest BCUT2D eigenvalue weighted by molar-refractivity contribution is 9.10. The van der Waals surface area contributed by atoms with Gasteiger partial charge in [-0.2, -0.15) is 18.3 Å². The summed E-state index contributed by atoms with van der Waals surface area (Å²) in [7, 11) is 0. The molecule has 20 heavy (non-hydrogen) atoms. The number of anilines is 1. The lowest BCUT2D eigenvalue weighted by molar-refractivity contribution is -0.137. The van der Waals surface area contributed by atoms with Crippen molar-refractivity contribution in [2.75, 3.05) is 5.43 Å². The van der Waals surface area contributed by atoms with Crippen LogP contribution in [0.4, 0.5) is 19.0 Å². The Morgan fingerprint density at radius 1 is 1.10 bits per heavy atom. The highest BCUT2D eigenvalue weighted by atomic mass is 79.9. The predicted molar refractivity (Wildman–Crippen MR) is 74.6 cm³/mol. The van der Waals surface area contributed by atoms with Crippen LogP contribution >= 0.6 is 15.9 Å². The lowest BCUT2D eigenvalue weighted by atomic mass is 10.2. The minimum Gasteiger partial charge on any atom is -0.261 e. The predicted octanol–water partition coefficient (Wildman–Crippen LogP) is 4.31. The highest BCUT2D eigenvalue weighted by Gasteiger charge is 2.30. The molecule has 0 aliphatic carbocycles. The molecular formula is C13H9BrF3N3. The van der Waals surface area contributed by atoms with E-state index in [-0.39, 0.29) is 5.82 Å². The van der Waals surface area contributed by atoms with Gasteiger partial charge >= 0.3 is 6.18 Å². The van der Waals surface area contributed by atoms with E-state index in [0.717, 1.165) is 22.3 Å². The molecule has 0 saturated carbocycles. The van der Waals surface area contributed by atoms with E-state index in [0.29, 0.717) is 0 Å². The normalized spacial score (nSPS) is 11.8. The molecule has 1 N–H and O–H groups in total. The van der Waals surface area contributed by atoms with Crippen molar-refractivity contribution in [3.05, 3.63) is 58.2 Å². The van der Waals surface area contributed by atoms with Crippen LogP contribution in [0.25, 0.3) is 0 Å². The van der Waals surface area contributed by atoms with Crippen molar-refractivity contribution in [1.29, 1.82) is 0 Å². The van der Waals surface area contributed by atoms with E-state index in [4.69, 9.17) is 0 Å². The smallest absolute Gasteiger partial charge is 0.261 e. The van der Waals surface area contributed by atoms with Crippen LogP contribution < -0.4 is 5.43 Å². The summed E-state index contributed by atoms with van der Waals surface area (Å²) in [6, 6.07) is 9.58. The molecular weight excluding hydrogens is 335 g/mol. The molecule has 3 nitrogen and oxygen atoms in total. The van der Waals surface area contributed by atoms with Crippen molar-refractivity contribution in [2.45, 2.75) is 6.18 Å². The molecule has 0 bridgehead atoms. The summed E-state index contributed by atoms with van der Waals surface area (Å²) in [6.07, 6.45) is -2.07. The Labute approximate surface area is 121 Å². The van der Waals surface area contributed by atoms with E-state index < -0.39 is 11.7 Å². The first-order valence-electron chi connectivity index (χ1n) is 5.53.